The molecule has 222 valence electrons. The first kappa shape index (κ1) is 28.5. The topological polar surface area (TPSA) is 82.1 Å². The summed E-state index contributed by atoms with van der Waals surface area (Å²) in [6, 6.07) is 17.2. The van der Waals surface area contributed by atoms with Crippen LogP contribution in [0.1, 0.15) is 44.1 Å². The zero-order chi connectivity index (χ0) is 29.7. The molecule has 0 radical (unpaired) electrons. The minimum atomic E-state index is -0.395. The Morgan fingerprint density at radius 2 is 1.70 bits per heavy atom. The number of thioether (sulfide) groups is 1. The number of rotatable bonds is 8. The number of fused-ring (bicyclic) bond motifs is 1. The summed E-state index contributed by atoms with van der Waals surface area (Å²) >= 11 is 4.46. The van der Waals surface area contributed by atoms with E-state index in [4.69, 9.17) is 14.2 Å². The van der Waals surface area contributed by atoms with E-state index in [9.17, 15) is 14.4 Å². The van der Waals surface area contributed by atoms with Crippen molar-refractivity contribution in [2.75, 3.05) is 20.3 Å². The molecule has 1 aliphatic heterocycles. The van der Waals surface area contributed by atoms with Crippen LogP contribution in [0.4, 0.5) is 4.79 Å². The summed E-state index contributed by atoms with van der Waals surface area (Å²) in [7, 11) is 1.53. The van der Waals surface area contributed by atoms with Crippen LogP contribution in [0.2, 0.25) is 0 Å². The summed E-state index contributed by atoms with van der Waals surface area (Å²) in [4.78, 5) is 41.0. The lowest BCUT2D eigenvalue weighted by Crippen LogP contribution is -2.51. The third kappa shape index (κ3) is 5.35. The molecule has 1 saturated heterocycles. The van der Waals surface area contributed by atoms with Gasteiger partial charge in [0.1, 0.15) is 12.4 Å². The Hall–Kier alpha value is -3.30. The van der Waals surface area contributed by atoms with Gasteiger partial charge in [0, 0.05) is 5.39 Å². The summed E-state index contributed by atoms with van der Waals surface area (Å²) < 4.78 is 18.2. The number of hydrogen-bond donors (Lipinski definition) is 0. The first-order valence-corrected chi connectivity index (χ1v) is 16.4. The van der Waals surface area contributed by atoms with E-state index in [1.165, 1.54) is 31.3 Å². The van der Waals surface area contributed by atoms with E-state index in [2.05, 4.69) is 15.9 Å². The Balaban J connectivity index is 1.04. The van der Waals surface area contributed by atoms with Crippen LogP contribution in [-0.2, 0) is 9.59 Å². The molecule has 8 rings (SSSR count). The third-order valence-corrected chi connectivity index (χ3v) is 10.9. The molecule has 5 fully saturated rings. The van der Waals surface area contributed by atoms with Crippen LogP contribution in [0, 0.1) is 23.2 Å². The standard InChI is InChI=1S/C34H32BrNO6S/c1-40-28-15-20(14-26(35)30(28)42-32(38)34-17-21-11-22(18-34)13-23(12-21)19-34)16-29-31(37)36(33(39)43-29)9-10-41-27-8-4-6-24-5-2-3-7-25(24)27/h2-8,14-16,21-23H,9-13,17-19H2,1H3/b29-16-. The average Bonchev–Trinajstić information content (AvgIpc) is 3.25. The van der Waals surface area contributed by atoms with E-state index < -0.39 is 5.41 Å². The van der Waals surface area contributed by atoms with Crippen molar-refractivity contribution in [3.8, 4) is 17.2 Å². The van der Waals surface area contributed by atoms with E-state index in [0.29, 0.717) is 49.9 Å². The van der Waals surface area contributed by atoms with Gasteiger partial charge in [-0.1, -0.05) is 36.4 Å². The number of hydrogen-bond acceptors (Lipinski definition) is 7. The van der Waals surface area contributed by atoms with Crippen molar-refractivity contribution in [1.82, 2.24) is 4.90 Å². The number of ether oxygens (including phenoxy) is 3. The lowest BCUT2D eigenvalue weighted by atomic mass is 9.49. The van der Waals surface area contributed by atoms with Gasteiger partial charge in [0.25, 0.3) is 11.1 Å². The molecule has 0 N–H and O–H groups in total. The van der Waals surface area contributed by atoms with Gasteiger partial charge >= 0.3 is 5.97 Å². The van der Waals surface area contributed by atoms with Crippen LogP contribution < -0.4 is 14.2 Å². The number of methoxy groups -OCH3 is 1. The lowest BCUT2D eigenvalue weighted by molar-refractivity contribution is -0.161. The van der Waals surface area contributed by atoms with Gasteiger partial charge in [-0.2, -0.15) is 0 Å². The Morgan fingerprint density at radius 1 is 1.00 bits per heavy atom. The zero-order valence-electron chi connectivity index (χ0n) is 23.8. The molecule has 43 heavy (non-hydrogen) atoms. The molecular weight excluding hydrogens is 630 g/mol. The molecule has 4 aliphatic carbocycles. The van der Waals surface area contributed by atoms with Crippen LogP contribution in [0.5, 0.6) is 17.2 Å². The third-order valence-electron chi connectivity index (χ3n) is 9.41. The van der Waals surface area contributed by atoms with Gasteiger partial charge < -0.3 is 14.2 Å². The number of carbonyl (C=O) groups excluding carboxylic acids is 3. The van der Waals surface area contributed by atoms with Gasteiger partial charge in [-0.25, -0.2) is 0 Å². The highest BCUT2D eigenvalue weighted by molar-refractivity contribution is 9.10. The smallest absolute Gasteiger partial charge is 0.317 e. The molecule has 4 saturated carbocycles. The normalized spacial score (nSPS) is 26.9. The fourth-order valence-electron chi connectivity index (χ4n) is 7.90. The Bertz CT molecular complexity index is 1630. The second-order valence-electron chi connectivity index (χ2n) is 12.3. The summed E-state index contributed by atoms with van der Waals surface area (Å²) in [6.07, 6.45) is 8.15. The Kier molecular flexibility index (Phi) is 7.50. The van der Waals surface area contributed by atoms with Crippen molar-refractivity contribution >= 4 is 61.7 Å². The summed E-state index contributed by atoms with van der Waals surface area (Å²) in [5.41, 5.74) is 0.254. The van der Waals surface area contributed by atoms with Gasteiger partial charge in [0.15, 0.2) is 11.5 Å². The Morgan fingerprint density at radius 3 is 2.42 bits per heavy atom. The zero-order valence-corrected chi connectivity index (χ0v) is 26.2. The van der Waals surface area contributed by atoms with Crippen LogP contribution >= 0.6 is 27.7 Å². The molecule has 0 aromatic heterocycles. The highest BCUT2D eigenvalue weighted by Gasteiger charge is 2.55. The van der Waals surface area contributed by atoms with Crippen molar-refractivity contribution in [1.29, 1.82) is 0 Å². The lowest BCUT2D eigenvalue weighted by Gasteiger charge is -2.55. The summed E-state index contributed by atoms with van der Waals surface area (Å²) in [5, 5.41) is 1.69. The molecule has 7 nitrogen and oxygen atoms in total. The van der Waals surface area contributed by atoms with Crippen molar-refractivity contribution < 1.29 is 28.6 Å². The highest BCUT2D eigenvalue weighted by Crippen LogP contribution is 2.60. The Labute approximate surface area is 263 Å². The number of carbonyl (C=O) groups is 3. The second-order valence-corrected chi connectivity index (χ2v) is 14.1. The van der Waals surface area contributed by atoms with Gasteiger partial charge in [-0.05, 0) is 119 Å². The van der Waals surface area contributed by atoms with E-state index in [1.54, 1.807) is 18.2 Å². The molecule has 2 amide bonds. The predicted octanol–water partition coefficient (Wildman–Crippen LogP) is 7.85. The number of imide groups is 1. The molecule has 1 heterocycles. The van der Waals surface area contributed by atoms with Crippen LogP contribution in [0.15, 0.2) is 64.0 Å². The monoisotopic (exact) mass is 661 g/mol. The quantitative estimate of drug-likeness (QED) is 0.138. The highest BCUT2D eigenvalue weighted by atomic mass is 79.9. The number of halogens is 1. The maximum Gasteiger partial charge on any atom is 0.317 e. The molecule has 0 spiro atoms. The predicted molar refractivity (Wildman–Crippen MR) is 169 cm³/mol. The largest absolute Gasteiger partial charge is 0.493 e. The van der Waals surface area contributed by atoms with E-state index >= 15 is 0 Å². The van der Waals surface area contributed by atoms with Gasteiger partial charge in [0.2, 0.25) is 0 Å². The summed E-state index contributed by atoms with van der Waals surface area (Å²) in [6.45, 7) is 0.319. The number of nitrogens with zero attached hydrogens (tertiary/aromatic N) is 1. The molecule has 0 unspecified atom stereocenters. The average molecular weight is 663 g/mol. The van der Waals surface area contributed by atoms with Gasteiger partial charge in [-0.3, -0.25) is 19.3 Å². The fourth-order valence-corrected chi connectivity index (χ4v) is 9.30. The maximum atomic E-state index is 13.6. The van der Waals surface area contributed by atoms with E-state index in [-0.39, 0.29) is 30.3 Å². The van der Waals surface area contributed by atoms with E-state index in [1.807, 2.05) is 42.5 Å². The fraction of sp³-hybridized carbons (Fsp3) is 0.382. The molecular formula is C34H32BrNO6S. The molecule has 0 atom stereocenters. The summed E-state index contributed by atoms with van der Waals surface area (Å²) in [5.74, 6) is 2.81. The first-order chi connectivity index (χ1) is 20.8. The van der Waals surface area contributed by atoms with Crippen molar-refractivity contribution in [2.24, 2.45) is 23.2 Å². The molecule has 9 heteroatoms. The van der Waals surface area contributed by atoms with Crippen LogP contribution in [-0.4, -0.2) is 42.3 Å². The molecule has 4 bridgehead atoms. The van der Waals surface area contributed by atoms with Gasteiger partial charge in [-0.15, -0.1) is 0 Å². The van der Waals surface area contributed by atoms with Crippen LogP contribution in [0.3, 0.4) is 0 Å². The van der Waals surface area contributed by atoms with E-state index in [0.717, 1.165) is 41.8 Å². The number of benzene rings is 3. The minimum Gasteiger partial charge on any atom is -0.493 e. The second kappa shape index (κ2) is 11.3. The first-order valence-electron chi connectivity index (χ1n) is 14.8. The maximum absolute atomic E-state index is 13.6. The van der Waals surface area contributed by atoms with Crippen LogP contribution in [0.25, 0.3) is 16.8 Å². The van der Waals surface area contributed by atoms with Gasteiger partial charge in [0.05, 0.1) is 28.4 Å². The number of esters is 1. The molecule has 3 aromatic carbocycles. The minimum absolute atomic E-state index is 0.136. The number of amides is 2. The van der Waals surface area contributed by atoms with Crippen molar-refractivity contribution in [3.63, 3.8) is 0 Å². The molecule has 3 aromatic rings. The van der Waals surface area contributed by atoms with Crippen molar-refractivity contribution in [3.05, 3.63) is 69.5 Å². The molecule has 5 aliphatic rings. The SMILES string of the molecule is COc1cc(/C=C2\SC(=O)N(CCOc3cccc4ccccc34)C2=O)cc(Br)c1OC(=O)C12CC3CC(CC(C3)C1)C2. The van der Waals surface area contributed by atoms with Crippen molar-refractivity contribution in [2.45, 2.75) is 38.5 Å².